The SMILES string of the molecule is Cc1nnc2n1C[C@@H](CNCc1ccn(-c3cccc(F)c3)n1)CC2. The van der Waals surface area contributed by atoms with Crippen molar-refractivity contribution in [1.29, 1.82) is 0 Å². The first-order valence-corrected chi connectivity index (χ1v) is 8.59. The van der Waals surface area contributed by atoms with Crippen molar-refractivity contribution < 1.29 is 4.39 Å². The van der Waals surface area contributed by atoms with Crippen LogP contribution >= 0.6 is 0 Å². The van der Waals surface area contributed by atoms with Crippen molar-refractivity contribution in [2.75, 3.05) is 6.54 Å². The van der Waals surface area contributed by atoms with E-state index in [1.165, 1.54) is 12.1 Å². The molecule has 4 rings (SSSR count). The molecule has 25 heavy (non-hydrogen) atoms. The molecule has 2 aromatic heterocycles. The predicted molar refractivity (Wildman–Crippen MR) is 91.8 cm³/mol. The minimum atomic E-state index is -0.256. The Morgan fingerprint density at radius 2 is 2.20 bits per heavy atom. The number of aryl methyl sites for hydroxylation is 2. The number of nitrogens with zero attached hydrogens (tertiary/aromatic N) is 5. The van der Waals surface area contributed by atoms with E-state index in [0.717, 1.165) is 49.0 Å². The van der Waals surface area contributed by atoms with Crippen LogP contribution in [0.2, 0.25) is 0 Å². The fraction of sp³-hybridized carbons (Fsp3) is 0.389. The van der Waals surface area contributed by atoms with E-state index in [0.29, 0.717) is 12.5 Å². The van der Waals surface area contributed by atoms with Gasteiger partial charge in [-0.3, -0.25) is 0 Å². The third-order valence-electron chi connectivity index (χ3n) is 4.69. The second-order valence-corrected chi connectivity index (χ2v) is 6.54. The lowest BCUT2D eigenvalue weighted by molar-refractivity contribution is 0.343. The van der Waals surface area contributed by atoms with Gasteiger partial charge in [0.1, 0.15) is 17.5 Å². The molecular weight excluding hydrogens is 319 g/mol. The highest BCUT2D eigenvalue weighted by Gasteiger charge is 2.21. The maximum Gasteiger partial charge on any atom is 0.133 e. The number of aromatic nitrogens is 5. The van der Waals surface area contributed by atoms with Crippen molar-refractivity contribution >= 4 is 0 Å². The van der Waals surface area contributed by atoms with Crippen LogP contribution in [0.4, 0.5) is 4.39 Å². The molecule has 0 aliphatic carbocycles. The second kappa shape index (κ2) is 6.76. The lowest BCUT2D eigenvalue weighted by Crippen LogP contribution is -2.30. The van der Waals surface area contributed by atoms with Gasteiger partial charge in [0, 0.05) is 32.3 Å². The van der Waals surface area contributed by atoms with Crippen LogP contribution in [-0.2, 0) is 19.5 Å². The molecule has 0 amide bonds. The molecule has 0 unspecified atom stereocenters. The smallest absolute Gasteiger partial charge is 0.133 e. The van der Waals surface area contributed by atoms with Crippen LogP contribution < -0.4 is 5.32 Å². The summed E-state index contributed by atoms with van der Waals surface area (Å²) in [5.74, 6) is 2.41. The molecule has 0 saturated heterocycles. The number of fused-ring (bicyclic) bond motifs is 1. The van der Waals surface area contributed by atoms with Gasteiger partial charge in [-0.15, -0.1) is 10.2 Å². The molecule has 1 aliphatic heterocycles. The van der Waals surface area contributed by atoms with Gasteiger partial charge in [0.05, 0.1) is 11.4 Å². The fourth-order valence-electron chi connectivity index (χ4n) is 3.32. The maximum absolute atomic E-state index is 13.3. The molecule has 0 spiro atoms. The molecule has 0 fully saturated rings. The summed E-state index contributed by atoms with van der Waals surface area (Å²) in [5.41, 5.74) is 1.68. The molecule has 1 atom stereocenters. The lowest BCUT2D eigenvalue weighted by Gasteiger charge is -2.24. The van der Waals surface area contributed by atoms with Crippen LogP contribution in [0.25, 0.3) is 5.69 Å². The second-order valence-electron chi connectivity index (χ2n) is 6.54. The van der Waals surface area contributed by atoms with E-state index < -0.39 is 0 Å². The first-order chi connectivity index (χ1) is 12.2. The Bertz CT molecular complexity index is 868. The van der Waals surface area contributed by atoms with Crippen LogP contribution in [0.5, 0.6) is 0 Å². The molecule has 1 aliphatic rings. The largest absolute Gasteiger partial charge is 0.315 e. The van der Waals surface area contributed by atoms with E-state index in [9.17, 15) is 4.39 Å². The van der Waals surface area contributed by atoms with E-state index in [-0.39, 0.29) is 5.82 Å². The summed E-state index contributed by atoms with van der Waals surface area (Å²) >= 11 is 0. The number of hydrogen-bond acceptors (Lipinski definition) is 4. The van der Waals surface area contributed by atoms with Crippen LogP contribution in [0.3, 0.4) is 0 Å². The van der Waals surface area contributed by atoms with Crippen LogP contribution in [0.15, 0.2) is 36.5 Å². The van der Waals surface area contributed by atoms with E-state index in [1.54, 1.807) is 10.7 Å². The number of benzene rings is 1. The maximum atomic E-state index is 13.3. The minimum absolute atomic E-state index is 0.256. The van der Waals surface area contributed by atoms with Gasteiger partial charge in [0.15, 0.2) is 0 Å². The summed E-state index contributed by atoms with van der Waals surface area (Å²) in [6.07, 6.45) is 3.98. The number of nitrogens with one attached hydrogen (secondary N) is 1. The normalized spacial score (nSPS) is 16.8. The Kier molecular flexibility index (Phi) is 4.31. The van der Waals surface area contributed by atoms with Gasteiger partial charge in [-0.25, -0.2) is 9.07 Å². The zero-order valence-electron chi connectivity index (χ0n) is 14.2. The lowest BCUT2D eigenvalue weighted by atomic mass is 9.99. The Hall–Kier alpha value is -2.54. The van der Waals surface area contributed by atoms with Crippen LogP contribution in [0, 0.1) is 18.7 Å². The highest BCUT2D eigenvalue weighted by atomic mass is 19.1. The summed E-state index contributed by atoms with van der Waals surface area (Å²) in [4.78, 5) is 0. The van der Waals surface area contributed by atoms with Crippen molar-refractivity contribution in [1.82, 2.24) is 29.9 Å². The summed E-state index contributed by atoms with van der Waals surface area (Å²) in [7, 11) is 0. The van der Waals surface area contributed by atoms with Crippen molar-refractivity contribution in [3.05, 3.63) is 59.7 Å². The summed E-state index contributed by atoms with van der Waals surface area (Å²) in [6.45, 7) is 4.61. The van der Waals surface area contributed by atoms with Gasteiger partial charge >= 0.3 is 0 Å². The number of hydrogen-bond donors (Lipinski definition) is 1. The molecule has 1 aromatic carbocycles. The van der Waals surface area contributed by atoms with Crippen molar-refractivity contribution in [3.8, 4) is 5.69 Å². The molecule has 6 nitrogen and oxygen atoms in total. The minimum Gasteiger partial charge on any atom is -0.315 e. The van der Waals surface area contributed by atoms with Gasteiger partial charge in [-0.05, 0) is 43.5 Å². The highest BCUT2D eigenvalue weighted by molar-refractivity contribution is 5.31. The van der Waals surface area contributed by atoms with E-state index in [2.05, 4.69) is 25.2 Å². The topological polar surface area (TPSA) is 60.6 Å². The molecule has 0 saturated carbocycles. The van der Waals surface area contributed by atoms with Crippen molar-refractivity contribution in [3.63, 3.8) is 0 Å². The van der Waals surface area contributed by atoms with Gasteiger partial charge < -0.3 is 9.88 Å². The van der Waals surface area contributed by atoms with Gasteiger partial charge in [-0.2, -0.15) is 5.10 Å². The third-order valence-corrected chi connectivity index (χ3v) is 4.69. The Balaban J connectivity index is 1.32. The standard InChI is InChI=1S/C18H21FN6/c1-13-21-22-18-6-5-14(12-24(13)18)10-20-11-16-7-8-25(23-16)17-4-2-3-15(19)9-17/h2-4,7-9,14,20H,5-6,10-12H2,1H3/t14-/m1/s1. The van der Waals surface area contributed by atoms with Gasteiger partial charge in [0.25, 0.3) is 0 Å². The molecule has 3 heterocycles. The summed E-state index contributed by atoms with van der Waals surface area (Å²) < 4.78 is 17.2. The summed E-state index contributed by atoms with van der Waals surface area (Å²) in [6, 6.07) is 8.40. The first-order valence-electron chi connectivity index (χ1n) is 8.59. The predicted octanol–water partition coefficient (Wildman–Crippen LogP) is 2.26. The van der Waals surface area contributed by atoms with E-state index in [4.69, 9.17) is 0 Å². The third kappa shape index (κ3) is 3.46. The van der Waals surface area contributed by atoms with E-state index in [1.807, 2.05) is 25.3 Å². The monoisotopic (exact) mass is 340 g/mol. The molecule has 7 heteroatoms. The van der Waals surface area contributed by atoms with E-state index >= 15 is 0 Å². The Morgan fingerprint density at radius 1 is 1.28 bits per heavy atom. The molecular formula is C18H21FN6. The Labute approximate surface area is 145 Å². The Morgan fingerprint density at radius 3 is 3.08 bits per heavy atom. The fourth-order valence-corrected chi connectivity index (χ4v) is 3.32. The molecule has 0 bridgehead atoms. The van der Waals surface area contributed by atoms with Gasteiger partial charge in [-0.1, -0.05) is 6.07 Å². The molecule has 1 N–H and O–H groups in total. The summed E-state index contributed by atoms with van der Waals surface area (Å²) in [5, 5.41) is 16.4. The number of halogens is 1. The number of rotatable bonds is 5. The van der Waals surface area contributed by atoms with Crippen molar-refractivity contribution in [2.45, 2.75) is 32.9 Å². The van der Waals surface area contributed by atoms with Crippen molar-refractivity contribution in [2.24, 2.45) is 5.92 Å². The van der Waals surface area contributed by atoms with Gasteiger partial charge in [0.2, 0.25) is 0 Å². The van der Waals surface area contributed by atoms with Crippen LogP contribution in [0.1, 0.15) is 23.8 Å². The molecule has 3 aromatic rings. The first kappa shape index (κ1) is 16.0. The average molecular weight is 340 g/mol. The quantitative estimate of drug-likeness (QED) is 0.774. The zero-order chi connectivity index (χ0) is 17.2. The molecule has 0 radical (unpaired) electrons. The zero-order valence-corrected chi connectivity index (χ0v) is 14.2. The van der Waals surface area contributed by atoms with Crippen LogP contribution in [-0.4, -0.2) is 31.1 Å². The highest BCUT2D eigenvalue weighted by Crippen LogP contribution is 2.19. The molecule has 130 valence electrons. The average Bonchev–Trinajstić information content (AvgIpc) is 3.23.